The molecule has 5 heteroatoms. The number of rotatable bonds is 4. The molecule has 2 aliphatic heterocycles. The van der Waals surface area contributed by atoms with Crippen LogP contribution in [0.3, 0.4) is 0 Å². The van der Waals surface area contributed by atoms with E-state index in [0.717, 1.165) is 55.4 Å². The number of piperidine rings is 1. The number of fused-ring (bicyclic) bond motifs is 4. The molecule has 0 amide bonds. The van der Waals surface area contributed by atoms with Crippen LogP contribution < -0.4 is 10.3 Å². The number of benzene rings is 1. The lowest BCUT2D eigenvalue weighted by Crippen LogP contribution is -2.47. The maximum absolute atomic E-state index is 12.6. The maximum atomic E-state index is 12.6. The lowest BCUT2D eigenvalue weighted by molar-refractivity contribution is 0.114. The Kier molecular flexibility index (Phi) is 4.32. The Morgan fingerprint density at radius 1 is 1.07 bits per heavy atom. The molecule has 2 atom stereocenters. The SMILES string of the molecule is COc1ccc(CN2CC3CC(C2)c2c(-c4ccco4)ccc(=O)n2C3)cc1. The molecule has 1 fully saturated rings. The summed E-state index contributed by atoms with van der Waals surface area (Å²) < 4.78 is 12.9. The minimum Gasteiger partial charge on any atom is -0.497 e. The third-order valence-electron chi connectivity index (χ3n) is 6.02. The molecule has 2 aromatic heterocycles. The molecule has 1 saturated heterocycles. The van der Waals surface area contributed by atoms with Gasteiger partial charge in [0.2, 0.25) is 0 Å². The summed E-state index contributed by atoms with van der Waals surface area (Å²) in [6.07, 6.45) is 2.83. The summed E-state index contributed by atoms with van der Waals surface area (Å²) in [4.78, 5) is 15.1. The molecule has 0 spiro atoms. The van der Waals surface area contributed by atoms with Gasteiger partial charge in [0.15, 0.2) is 0 Å². The molecule has 28 heavy (non-hydrogen) atoms. The average molecular weight is 376 g/mol. The molecule has 0 N–H and O–H groups in total. The normalized spacial score (nSPS) is 21.3. The van der Waals surface area contributed by atoms with Crippen molar-refractivity contribution in [1.29, 1.82) is 0 Å². The van der Waals surface area contributed by atoms with E-state index in [-0.39, 0.29) is 5.56 Å². The molecule has 2 aliphatic rings. The first-order valence-corrected chi connectivity index (χ1v) is 9.84. The third-order valence-corrected chi connectivity index (χ3v) is 6.02. The number of nitrogens with zero attached hydrogens (tertiary/aromatic N) is 2. The van der Waals surface area contributed by atoms with Crippen LogP contribution in [0.5, 0.6) is 5.75 Å². The summed E-state index contributed by atoms with van der Waals surface area (Å²) in [6, 6.07) is 15.8. The lowest BCUT2D eigenvalue weighted by Gasteiger charge is -2.43. The maximum Gasteiger partial charge on any atom is 0.250 e. The van der Waals surface area contributed by atoms with Crippen molar-refractivity contribution in [3.8, 4) is 17.1 Å². The zero-order chi connectivity index (χ0) is 19.1. The van der Waals surface area contributed by atoms with E-state index < -0.39 is 0 Å². The van der Waals surface area contributed by atoms with Gasteiger partial charge in [0.25, 0.3) is 5.56 Å². The van der Waals surface area contributed by atoms with Crippen LogP contribution in [-0.2, 0) is 13.1 Å². The number of likely N-dealkylation sites (tertiary alicyclic amines) is 1. The van der Waals surface area contributed by atoms with E-state index in [9.17, 15) is 4.79 Å². The Morgan fingerprint density at radius 2 is 1.93 bits per heavy atom. The first-order chi connectivity index (χ1) is 13.7. The van der Waals surface area contributed by atoms with E-state index in [0.29, 0.717) is 11.8 Å². The number of aromatic nitrogens is 1. The Bertz CT molecular complexity index is 1020. The molecule has 1 aromatic carbocycles. The molecule has 2 bridgehead atoms. The minimum atomic E-state index is 0.101. The van der Waals surface area contributed by atoms with Gasteiger partial charge in [0, 0.05) is 49.4 Å². The molecule has 5 nitrogen and oxygen atoms in total. The van der Waals surface area contributed by atoms with Gasteiger partial charge in [-0.25, -0.2) is 0 Å². The van der Waals surface area contributed by atoms with E-state index in [1.807, 2.05) is 34.9 Å². The molecule has 2 unspecified atom stereocenters. The van der Waals surface area contributed by atoms with Gasteiger partial charge in [-0.05, 0) is 48.2 Å². The Morgan fingerprint density at radius 3 is 2.68 bits per heavy atom. The highest BCUT2D eigenvalue weighted by Crippen LogP contribution is 2.40. The van der Waals surface area contributed by atoms with Gasteiger partial charge < -0.3 is 13.7 Å². The quantitative estimate of drug-likeness (QED) is 0.696. The molecule has 4 heterocycles. The van der Waals surface area contributed by atoms with Crippen molar-refractivity contribution in [1.82, 2.24) is 9.47 Å². The number of pyridine rings is 1. The van der Waals surface area contributed by atoms with Gasteiger partial charge in [0.1, 0.15) is 11.5 Å². The molecule has 144 valence electrons. The molecule has 0 radical (unpaired) electrons. The highest BCUT2D eigenvalue weighted by Gasteiger charge is 2.36. The van der Waals surface area contributed by atoms with Crippen molar-refractivity contribution < 1.29 is 9.15 Å². The summed E-state index contributed by atoms with van der Waals surface area (Å²) in [7, 11) is 1.69. The van der Waals surface area contributed by atoms with Gasteiger partial charge in [-0.3, -0.25) is 9.69 Å². The second kappa shape index (κ2) is 6.99. The molecule has 3 aromatic rings. The van der Waals surface area contributed by atoms with E-state index in [1.165, 1.54) is 5.56 Å². The van der Waals surface area contributed by atoms with E-state index in [2.05, 4.69) is 17.0 Å². The number of ether oxygens (including phenoxy) is 1. The standard InChI is InChI=1S/C23H24N2O3/c1-27-19-6-4-16(5-7-19)12-24-13-17-11-18(15-24)23-20(21-3-2-10-28-21)8-9-22(26)25(23)14-17/h2-10,17-18H,11-15H2,1H3. The summed E-state index contributed by atoms with van der Waals surface area (Å²) in [5.41, 5.74) is 3.58. The molecular weight excluding hydrogens is 352 g/mol. The van der Waals surface area contributed by atoms with Gasteiger partial charge in [-0.2, -0.15) is 0 Å². The van der Waals surface area contributed by atoms with Crippen LogP contribution in [0.2, 0.25) is 0 Å². The fourth-order valence-electron chi connectivity index (χ4n) is 4.87. The fraction of sp³-hybridized carbons (Fsp3) is 0.348. The first kappa shape index (κ1) is 17.3. The number of methoxy groups -OCH3 is 1. The average Bonchev–Trinajstić information content (AvgIpc) is 3.24. The van der Waals surface area contributed by atoms with E-state index in [4.69, 9.17) is 9.15 Å². The van der Waals surface area contributed by atoms with Crippen LogP contribution in [0, 0.1) is 5.92 Å². The van der Waals surface area contributed by atoms with Crippen molar-refractivity contribution in [2.24, 2.45) is 5.92 Å². The lowest BCUT2D eigenvalue weighted by atomic mass is 9.81. The summed E-state index contributed by atoms with van der Waals surface area (Å²) >= 11 is 0. The smallest absolute Gasteiger partial charge is 0.250 e. The zero-order valence-electron chi connectivity index (χ0n) is 16.0. The molecule has 0 aliphatic carbocycles. The minimum absolute atomic E-state index is 0.101. The number of hydrogen-bond acceptors (Lipinski definition) is 4. The van der Waals surface area contributed by atoms with Crippen LogP contribution in [0.1, 0.15) is 23.6 Å². The third kappa shape index (κ3) is 3.06. The fourth-order valence-corrected chi connectivity index (χ4v) is 4.87. The predicted molar refractivity (Wildman–Crippen MR) is 108 cm³/mol. The summed E-state index contributed by atoms with van der Waals surface area (Å²) in [5.74, 6) is 2.58. The van der Waals surface area contributed by atoms with E-state index in [1.54, 1.807) is 19.4 Å². The van der Waals surface area contributed by atoms with Gasteiger partial charge >= 0.3 is 0 Å². The summed E-state index contributed by atoms with van der Waals surface area (Å²) in [6.45, 7) is 3.70. The Balaban J connectivity index is 1.45. The highest BCUT2D eigenvalue weighted by atomic mass is 16.5. The summed E-state index contributed by atoms with van der Waals surface area (Å²) in [5, 5.41) is 0. The Hall–Kier alpha value is -2.79. The van der Waals surface area contributed by atoms with Crippen LogP contribution in [-0.4, -0.2) is 29.7 Å². The van der Waals surface area contributed by atoms with Crippen LogP contribution >= 0.6 is 0 Å². The second-order valence-corrected chi connectivity index (χ2v) is 7.90. The van der Waals surface area contributed by atoms with Crippen molar-refractivity contribution in [2.75, 3.05) is 20.2 Å². The molecule has 0 saturated carbocycles. The van der Waals surface area contributed by atoms with Gasteiger partial charge in [0.05, 0.1) is 13.4 Å². The Labute approximate surface area is 164 Å². The van der Waals surface area contributed by atoms with Crippen molar-refractivity contribution >= 4 is 0 Å². The largest absolute Gasteiger partial charge is 0.497 e. The van der Waals surface area contributed by atoms with Crippen molar-refractivity contribution in [3.63, 3.8) is 0 Å². The topological polar surface area (TPSA) is 47.6 Å². The van der Waals surface area contributed by atoms with E-state index >= 15 is 0 Å². The first-order valence-electron chi connectivity index (χ1n) is 9.84. The van der Waals surface area contributed by atoms with Crippen molar-refractivity contribution in [2.45, 2.75) is 25.4 Å². The van der Waals surface area contributed by atoms with Crippen LogP contribution in [0.15, 0.2) is 64.0 Å². The second-order valence-electron chi connectivity index (χ2n) is 7.90. The number of hydrogen-bond donors (Lipinski definition) is 0. The van der Waals surface area contributed by atoms with Crippen molar-refractivity contribution in [3.05, 3.63) is 76.4 Å². The zero-order valence-corrected chi connectivity index (χ0v) is 16.0. The molecule has 5 rings (SSSR count). The predicted octanol–water partition coefficient (Wildman–Crippen LogP) is 3.74. The molecular formula is C23H24N2O3. The van der Waals surface area contributed by atoms with Gasteiger partial charge in [-0.1, -0.05) is 12.1 Å². The number of furan rings is 1. The van der Waals surface area contributed by atoms with Gasteiger partial charge in [-0.15, -0.1) is 0 Å². The monoisotopic (exact) mass is 376 g/mol. The van der Waals surface area contributed by atoms with Crippen LogP contribution in [0.4, 0.5) is 0 Å². The highest BCUT2D eigenvalue weighted by molar-refractivity contribution is 5.61. The van der Waals surface area contributed by atoms with Crippen LogP contribution in [0.25, 0.3) is 11.3 Å².